The molecule has 0 saturated heterocycles. The van der Waals surface area contributed by atoms with Crippen molar-refractivity contribution in [2.24, 2.45) is 0 Å². The van der Waals surface area contributed by atoms with Gasteiger partial charge in [-0.2, -0.15) is 5.10 Å². The number of nitrogens with one attached hydrogen (secondary N) is 1. The Hall–Kier alpha value is -3.80. The number of rotatable bonds is 6. The zero-order valence-electron chi connectivity index (χ0n) is 15.6. The number of carbonyl (C=O) groups excluding carboxylic acids is 1. The summed E-state index contributed by atoms with van der Waals surface area (Å²) in [6.07, 6.45) is 3.00. The number of benzene rings is 3. The minimum absolute atomic E-state index is 0.0864. The van der Waals surface area contributed by atoms with Crippen LogP contribution >= 0.6 is 0 Å². The standard InChI is InChI=1S/C23H19FN4O/c24-21-13-19(11-12-22(21)28-16-25-15-26-28)27-23(29)14-20(17-7-3-1-4-8-17)18-9-5-2-6-10-18/h1-13,15-16,20H,14H2,(H,27,29). The van der Waals surface area contributed by atoms with Crippen LogP contribution in [0.25, 0.3) is 5.69 Å². The average molecular weight is 386 g/mol. The first-order valence-electron chi connectivity index (χ1n) is 9.25. The maximum absolute atomic E-state index is 14.4. The lowest BCUT2D eigenvalue weighted by molar-refractivity contribution is -0.116. The van der Waals surface area contributed by atoms with E-state index in [0.717, 1.165) is 11.1 Å². The van der Waals surface area contributed by atoms with Crippen molar-refractivity contribution in [2.75, 3.05) is 5.32 Å². The van der Waals surface area contributed by atoms with Crippen LogP contribution in [0.5, 0.6) is 0 Å². The number of halogens is 1. The summed E-state index contributed by atoms with van der Waals surface area (Å²) < 4.78 is 15.8. The van der Waals surface area contributed by atoms with Gasteiger partial charge in [-0.05, 0) is 29.3 Å². The van der Waals surface area contributed by atoms with Gasteiger partial charge in [-0.3, -0.25) is 4.79 Å². The van der Waals surface area contributed by atoms with Crippen molar-refractivity contribution < 1.29 is 9.18 Å². The number of carbonyl (C=O) groups is 1. The number of aromatic nitrogens is 3. The maximum atomic E-state index is 14.4. The summed E-state index contributed by atoms with van der Waals surface area (Å²) in [4.78, 5) is 16.5. The van der Waals surface area contributed by atoms with E-state index in [9.17, 15) is 9.18 Å². The molecule has 0 aliphatic rings. The van der Waals surface area contributed by atoms with Gasteiger partial charge in [-0.15, -0.1) is 0 Å². The summed E-state index contributed by atoms with van der Waals surface area (Å²) in [6, 6.07) is 24.3. The van der Waals surface area contributed by atoms with Gasteiger partial charge in [0.15, 0.2) is 5.82 Å². The topological polar surface area (TPSA) is 59.8 Å². The van der Waals surface area contributed by atoms with Crippen molar-refractivity contribution in [2.45, 2.75) is 12.3 Å². The number of hydrogen-bond donors (Lipinski definition) is 1. The fraction of sp³-hybridized carbons (Fsp3) is 0.0870. The van der Waals surface area contributed by atoms with Crippen molar-refractivity contribution in [3.8, 4) is 5.69 Å². The van der Waals surface area contributed by atoms with Crippen molar-refractivity contribution in [3.63, 3.8) is 0 Å². The normalized spacial score (nSPS) is 10.8. The highest BCUT2D eigenvalue weighted by atomic mass is 19.1. The van der Waals surface area contributed by atoms with E-state index >= 15 is 0 Å². The Morgan fingerprint density at radius 2 is 1.62 bits per heavy atom. The quantitative estimate of drug-likeness (QED) is 0.528. The van der Waals surface area contributed by atoms with Crippen LogP contribution in [0.3, 0.4) is 0 Å². The predicted octanol–water partition coefficient (Wildman–Crippen LogP) is 4.57. The molecule has 6 heteroatoms. The monoisotopic (exact) mass is 386 g/mol. The number of anilines is 1. The second kappa shape index (κ2) is 8.48. The third kappa shape index (κ3) is 4.38. The molecule has 0 aliphatic carbocycles. The molecule has 4 aromatic rings. The van der Waals surface area contributed by atoms with Gasteiger partial charge in [0, 0.05) is 18.0 Å². The summed E-state index contributed by atoms with van der Waals surface area (Å²) in [7, 11) is 0. The van der Waals surface area contributed by atoms with E-state index in [1.807, 2.05) is 60.7 Å². The Balaban J connectivity index is 1.52. The van der Waals surface area contributed by atoms with Gasteiger partial charge in [0.25, 0.3) is 0 Å². The largest absolute Gasteiger partial charge is 0.326 e. The van der Waals surface area contributed by atoms with Crippen molar-refractivity contribution >= 4 is 11.6 Å². The van der Waals surface area contributed by atoms with Crippen molar-refractivity contribution in [1.29, 1.82) is 0 Å². The van der Waals surface area contributed by atoms with Gasteiger partial charge in [-0.25, -0.2) is 14.1 Å². The minimum atomic E-state index is -0.490. The first kappa shape index (κ1) is 18.6. The highest BCUT2D eigenvalue weighted by Gasteiger charge is 2.18. The highest BCUT2D eigenvalue weighted by Crippen LogP contribution is 2.28. The lowest BCUT2D eigenvalue weighted by Gasteiger charge is -2.18. The van der Waals surface area contributed by atoms with Crippen LogP contribution in [0, 0.1) is 5.82 Å². The van der Waals surface area contributed by atoms with E-state index in [1.54, 1.807) is 12.1 Å². The maximum Gasteiger partial charge on any atom is 0.225 e. The van der Waals surface area contributed by atoms with E-state index < -0.39 is 5.82 Å². The van der Waals surface area contributed by atoms with E-state index in [1.165, 1.54) is 23.4 Å². The first-order chi connectivity index (χ1) is 14.2. The molecule has 0 bridgehead atoms. The van der Waals surface area contributed by atoms with Crippen LogP contribution in [0.1, 0.15) is 23.5 Å². The number of hydrogen-bond acceptors (Lipinski definition) is 3. The summed E-state index contributed by atoms with van der Waals surface area (Å²) >= 11 is 0. The summed E-state index contributed by atoms with van der Waals surface area (Å²) in [6.45, 7) is 0. The van der Waals surface area contributed by atoms with Crippen molar-refractivity contribution in [1.82, 2.24) is 14.8 Å². The zero-order chi connectivity index (χ0) is 20.1. The van der Waals surface area contributed by atoms with Crippen LogP contribution in [-0.2, 0) is 4.79 Å². The lowest BCUT2D eigenvalue weighted by Crippen LogP contribution is -2.16. The van der Waals surface area contributed by atoms with E-state index in [4.69, 9.17) is 0 Å². The molecular weight excluding hydrogens is 367 g/mol. The molecule has 4 rings (SSSR count). The third-order valence-corrected chi connectivity index (χ3v) is 4.69. The average Bonchev–Trinajstić information content (AvgIpc) is 3.28. The van der Waals surface area contributed by atoms with Crippen LogP contribution in [0.15, 0.2) is 91.5 Å². The van der Waals surface area contributed by atoms with Gasteiger partial charge in [-0.1, -0.05) is 60.7 Å². The molecule has 1 amide bonds. The van der Waals surface area contributed by atoms with Gasteiger partial charge in [0.1, 0.15) is 18.3 Å². The fourth-order valence-electron chi connectivity index (χ4n) is 3.30. The van der Waals surface area contributed by atoms with Crippen molar-refractivity contribution in [3.05, 3.63) is 108 Å². The molecular formula is C23H19FN4O. The van der Waals surface area contributed by atoms with Gasteiger partial charge in [0.05, 0.1) is 0 Å². The molecule has 3 aromatic carbocycles. The summed E-state index contributed by atoms with van der Waals surface area (Å²) in [5.41, 5.74) is 2.78. The Morgan fingerprint density at radius 1 is 0.966 bits per heavy atom. The second-order valence-electron chi connectivity index (χ2n) is 6.63. The Bertz CT molecular complexity index is 1040. The fourth-order valence-corrected chi connectivity index (χ4v) is 3.30. The summed E-state index contributed by atoms with van der Waals surface area (Å²) in [5, 5.41) is 6.72. The van der Waals surface area contributed by atoms with E-state index in [-0.39, 0.29) is 23.9 Å². The molecule has 29 heavy (non-hydrogen) atoms. The minimum Gasteiger partial charge on any atom is -0.326 e. The van der Waals surface area contributed by atoms with Crippen LogP contribution in [0.2, 0.25) is 0 Å². The van der Waals surface area contributed by atoms with Gasteiger partial charge in [0.2, 0.25) is 5.91 Å². The first-order valence-corrected chi connectivity index (χ1v) is 9.25. The zero-order valence-corrected chi connectivity index (χ0v) is 15.6. The van der Waals surface area contributed by atoms with E-state index in [0.29, 0.717) is 5.69 Å². The molecule has 0 aliphatic heterocycles. The molecule has 1 heterocycles. The van der Waals surface area contributed by atoms with Crippen LogP contribution in [0.4, 0.5) is 10.1 Å². The molecule has 0 fully saturated rings. The van der Waals surface area contributed by atoms with E-state index in [2.05, 4.69) is 15.4 Å². The Morgan fingerprint density at radius 3 is 2.17 bits per heavy atom. The molecule has 144 valence electrons. The van der Waals surface area contributed by atoms with Crippen LogP contribution < -0.4 is 5.32 Å². The molecule has 0 radical (unpaired) electrons. The molecule has 0 spiro atoms. The molecule has 5 nitrogen and oxygen atoms in total. The smallest absolute Gasteiger partial charge is 0.225 e. The number of nitrogens with zero attached hydrogens (tertiary/aromatic N) is 3. The SMILES string of the molecule is O=C(CC(c1ccccc1)c1ccccc1)Nc1ccc(-n2cncn2)c(F)c1. The highest BCUT2D eigenvalue weighted by molar-refractivity contribution is 5.91. The Labute approximate surface area is 167 Å². The van der Waals surface area contributed by atoms with Gasteiger partial charge >= 0.3 is 0 Å². The molecule has 0 unspecified atom stereocenters. The predicted molar refractivity (Wildman–Crippen MR) is 109 cm³/mol. The molecule has 1 N–H and O–H groups in total. The number of amides is 1. The summed E-state index contributed by atoms with van der Waals surface area (Å²) in [5.74, 6) is -0.761. The molecule has 0 atom stereocenters. The third-order valence-electron chi connectivity index (χ3n) is 4.69. The Kier molecular flexibility index (Phi) is 5.42. The van der Waals surface area contributed by atoms with Crippen LogP contribution in [-0.4, -0.2) is 20.7 Å². The molecule has 0 saturated carbocycles. The molecule has 1 aromatic heterocycles. The second-order valence-corrected chi connectivity index (χ2v) is 6.63. The lowest BCUT2D eigenvalue weighted by atomic mass is 9.88. The van der Waals surface area contributed by atoms with Gasteiger partial charge < -0.3 is 5.32 Å².